The molecule has 4 heteroatoms. The fourth-order valence-electron chi connectivity index (χ4n) is 3.64. The number of nitrogens with zero attached hydrogens (tertiary/aromatic N) is 1. The summed E-state index contributed by atoms with van der Waals surface area (Å²) in [5.41, 5.74) is 3.52. The van der Waals surface area contributed by atoms with Gasteiger partial charge in [-0.25, -0.2) is 4.79 Å². The van der Waals surface area contributed by atoms with Crippen LogP contribution >= 0.6 is 0 Å². The van der Waals surface area contributed by atoms with Crippen LogP contribution in [0.3, 0.4) is 0 Å². The van der Waals surface area contributed by atoms with Gasteiger partial charge in [-0.1, -0.05) is 54.8 Å². The third-order valence-corrected chi connectivity index (χ3v) is 5.02. The first-order valence-corrected chi connectivity index (χ1v) is 9.41. The maximum Gasteiger partial charge on any atom is 0.318 e. The highest BCUT2D eigenvalue weighted by molar-refractivity contribution is 5.74. The number of nitrogens with one attached hydrogen (secondary N) is 1. The van der Waals surface area contributed by atoms with Crippen LogP contribution in [0.25, 0.3) is 0 Å². The lowest BCUT2D eigenvalue weighted by atomic mass is 9.99. The smallest absolute Gasteiger partial charge is 0.318 e. The third-order valence-electron chi connectivity index (χ3n) is 5.02. The summed E-state index contributed by atoms with van der Waals surface area (Å²) >= 11 is 0. The monoisotopic (exact) mass is 352 g/mol. The first-order valence-electron chi connectivity index (χ1n) is 9.41. The molecule has 0 spiro atoms. The highest BCUT2D eigenvalue weighted by Crippen LogP contribution is 2.30. The van der Waals surface area contributed by atoms with E-state index in [4.69, 9.17) is 4.74 Å². The molecule has 2 aromatic carbocycles. The Labute approximate surface area is 156 Å². The second kappa shape index (κ2) is 8.75. The lowest BCUT2D eigenvalue weighted by molar-refractivity contribution is 0.175. The summed E-state index contributed by atoms with van der Waals surface area (Å²) in [7, 11) is 1.65. The molecule has 0 bridgehead atoms. The number of methoxy groups -OCH3 is 1. The van der Waals surface area contributed by atoms with E-state index < -0.39 is 0 Å². The molecule has 138 valence electrons. The molecule has 1 unspecified atom stereocenters. The van der Waals surface area contributed by atoms with Crippen LogP contribution in [0.2, 0.25) is 0 Å². The molecule has 0 radical (unpaired) electrons. The SMILES string of the molecule is COc1cccc(CNC(=O)N2CCCCCC2c2cccc(C)c2)c1. The van der Waals surface area contributed by atoms with Gasteiger partial charge in [0, 0.05) is 13.1 Å². The number of carbonyl (C=O) groups is 1. The number of likely N-dealkylation sites (tertiary alicyclic amines) is 1. The van der Waals surface area contributed by atoms with Gasteiger partial charge in [-0.3, -0.25) is 0 Å². The van der Waals surface area contributed by atoms with E-state index in [1.165, 1.54) is 17.5 Å². The summed E-state index contributed by atoms with van der Waals surface area (Å²) in [5.74, 6) is 0.809. The zero-order valence-electron chi connectivity index (χ0n) is 15.7. The second-order valence-electron chi connectivity index (χ2n) is 6.98. The average molecular weight is 352 g/mol. The number of rotatable bonds is 4. The molecule has 2 aromatic rings. The van der Waals surface area contributed by atoms with Gasteiger partial charge < -0.3 is 15.0 Å². The predicted octanol–water partition coefficient (Wildman–Crippen LogP) is 4.83. The van der Waals surface area contributed by atoms with E-state index in [0.717, 1.165) is 37.1 Å². The van der Waals surface area contributed by atoms with Crippen LogP contribution in [-0.2, 0) is 6.54 Å². The molecule has 1 aliphatic rings. The Bertz CT molecular complexity index is 744. The van der Waals surface area contributed by atoms with E-state index in [9.17, 15) is 4.79 Å². The number of aryl methyl sites for hydroxylation is 1. The fraction of sp³-hybridized carbons (Fsp3) is 0.409. The minimum atomic E-state index is 0.0150. The molecule has 4 nitrogen and oxygen atoms in total. The van der Waals surface area contributed by atoms with Gasteiger partial charge in [0.1, 0.15) is 5.75 Å². The van der Waals surface area contributed by atoms with Crippen LogP contribution in [0, 0.1) is 6.92 Å². The lowest BCUT2D eigenvalue weighted by Gasteiger charge is -2.31. The van der Waals surface area contributed by atoms with Gasteiger partial charge in [-0.05, 0) is 43.0 Å². The molecule has 0 aliphatic carbocycles. The normalized spacial score (nSPS) is 17.5. The van der Waals surface area contributed by atoms with Gasteiger partial charge in [-0.15, -0.1) is 0 Å². The van der Waals surface area contributed by atoms with Crippen molar-refractivity contribution >= 4 is 6.03 Å². The van der Waals surface area contributed by atoms with Crippen molar-refractivity contribution in [2.75, 3.05) is 13.7 Å². The quantitative estimate of drug-likeness (QED) is 0.856. The number of ether oxygens (including phenoxy) is 1. The van der Waals surface area contributed by atoms with Gasteiger partial charge >= 0.3 is 6.03 Å². The molecule has 1 fully saturated rings. The molecule has 1 heterocycles. The summed E-state index contributed by atoms with van der Waals surface area (Å²) in [4.78, 5) is 14.9. The first kappa shape index (κ1) is 18.3. The zero-order valence-corrected chi connectivity index (χ0v) is 15.7. The molecule has 0 aromatic heterocycles. The molecule has 1 aliphatic heterocycles. The minimum absolute atomic E-state index is 0.0150. The predicted molar refractivity (Wildman–Crippen MR) is 104 cm³/mol. The number of urea groups is 1. The van der Waals surface area contributed by atoms with E-state index in [2.05, 4.69) is 36.5 Å². The maximum atomic E-state index is 12.9. The van der Waals surface area contributed by atoms with Crippen molar-refractivity contribution in [1.29, 1.82) is 0 Å². The van der Waals surface area contributed by atoms with Gasteiger partial charge in [0.25, 0.3) is 0 Å². The Balaban J connectivity index is 1.71. The van der Waals surface area contributed by atoms with Crippen molar-refractivity contribution < 1.29 is 9.53 Å². The Hall–Kier alpha value is -2.49. The molecule has 1 N–H and O–H groups in total. The van der Waals surface area contributed by atoms with E-state index in [-0.39, 0.29) is 12.1 Å². The highest BCUT2D eigenvalue weighted by atomic mass is 16.5. The molecule has 26 heavy (non-hydrogen) atoms. The van der Waals surface area contributed by atoms with Gasteiger partial charge in [0.2, 0.25) is 0 Å². The van der Waals surface area contributed by atoms with Crippen molar-refractivity contribution in [3.8, 4) is 5.75 Å². The number of benzene rings is 2. The summed E-state index contributed by atoms with van der Waals surface area (Å²) in [6.45, 7) is 3.42. The van der Waals surface area contributed by atoms with E-state index in [1.807, 2.05) is 29.2 Å². The van der Waals surface area contributed by atoms with Crippen molar-refractivity contribution in [3.63, 3.8) is 0 Å². The first-order chi connectivity index (χ1) is 12.7. The standard InChI is InChI=1S/C22H28N2O2/c1-17-8-6-10-19(14-17)21-12-4-3-5-13-24(21)22(25)23-16-18-9-7-11-20(15-18)26-2/h6-11,14-15,21H,3-5,12-13,16H2,1-2H3,(H,23,25). The van der Waals surface area contributed by atoms with Gasteiger partial charge in [0.15, 0.2) is 0 Å². The van der Waals surface area contributed by atoms with Crippen molar-refractivity contribution in [3.05, 3.63) is 65.2 Å². The molecule has 2 amide bonds. The Kier molecular flexibility index (Phi) is 6.16. The maximum absolute atomic E-state index is 12.9. The van der Waals surface area contributed by atoms with E-state index in [1.54, 1.807) is 7.11 Å². The van der Waals surface area contributed by atoms with Gasteiger partial charge in [0.05, 0.1) is 13.2 Å². The molecule has 0 saturated carbocycles. The Morgan fingerprint density at radius 1 is 1.15 bits per heavy atom. The van der Waals surface area contributed by atoms with Crippen molar-refractivity contribution in [2.24, 2.45) is 0 Å². The number of hydrogen-bond acceptors (Lipinski definition) is 2. The van der Waals surface area contributed by atoms with E-state index >= 15 is 0 Å². The van der Waals surface area contributed by atoms with Crippen molar-refractivity contribution in [2.45, 2.75) is 45.2 Å². The topological polar surface area (TPSA) is 41.6 Å². The van der Waals surface area contributed by atoms with Crippen LogP contribution in [-0.4, -0.2) is 24.6 Å². The van der Waals surface area contributed by atoms with Crippen LogP contribution in [0.15, 0.2) is 48.5 Å². The lowest BCUT2D eigenvalue weighted by Crippen LogP contribution is -2.41. The average Bonchev–Trinajstić information content (AvgIpc) is 2.92. The summed E-state index contributed by atoms with van der Waals surface area (Å²) < 4.78 is 5.26. The molecule has 1 atom stereocenters. The Morgan fingerprint density at radius 3 is 2.81 bits per heavy atom. The van der Waals surface area contributed by atoms with Crippen molar-refractivity contribution in [1.82, 2.24) is 10.2 Å². The second-order valence-corrected chi connectivity index (χ2v) is 6.98. The van der Waals surface area contributed by atoms with Crippen LogP contribution in [0.5, 0.6) is 5.75 Å². The molecule has 1 saturated heterocycles. The van der Waals surface area contributed by atoms with Crippen LogP contribution in [0.1, 0.15) is 48.4 Å². The summed E-state index contributed by atoms with van der Waals surface area (Å²) in [6.07, 6.45) is 4.44. The van der Waals surface area contributed by atoms with Gasteiger partial charge in [-0.2, -0.15) is 0 Å². The number of carbonyl (C=O) groups excluding carboxylic acids is 1. The van der Waals surface area contributed by atoms with E-state index in [0.29, 0.717) is 6.54 Å². The minimum Gasteiger partial charge on any atom is -0.497 e. The largest absolute Gasteiger partial charge is 0.497 e. The zero-order chi connectivity index (χ0) is 18.4. The number of hydrogen-bond donors (Lipinski definition) is 1. The number of amides is 2. The molecular formula is C22H28N2O2. The Morgan fingerprint density at radius 2 is 2.00 bits per heavy atom. The molecular weight excluding hydrogens is 324 g/mol. The van der Waals surface area contributed by atoms with Crippen LogP contribution in [0.4, 0.5) is 4.79 Å². The highest BCUT2D eigenvalue weighted by Gasteiger charge is 2.26. The van der Waals surface area contributed by atoms with Crippen LogP contribution < -0.4 is 10.1 Å². The fourth-order valence-corrected chi connectivity index (χ4v) is 3.64. The molecule has 3 rings (SSSR count). The summed E-state index contributed by atoms with van der Waals surface area (Å²) in [5, 5.41) is 3.09. The third kappa shape index (κ3) is 4.57. The summed E-state index contributed by atoms with van der Waals surface area (Å²) in [6, 6.07) is 16.5.